The minimum Gasteiger partial charge on any atom is -0.213 e. The summed E-state index contributed by atoms with van der Waals surface area (Å²) in [6.45, 7) is 0.326. The van der Waals surface area contributed by atoms with Crippen molar-refractivity contribution >= 4 is 22.7 Å². The summed E-state index contributed by atoms with van der Waals surface area (Å²) in [4.78, 5) is 0.864. The highest BCUT2D eigenvalue weighted by molar-refractivity contribution is 7.88. The minimum absolute atomic E-state index is 0.326. The molecule has 1 rings (SSSR count). The zero-order valence-electron chi connectivity index (χ0n) is 7.19. The van der Waals surface area contributed by atoms with Gasteiger partial charge in [-0.1, -0.05) is 12.1 Å². The average molecular weight is 217 g/mol. The van der Waals surface area contributed by atoms with Crippen LogP contribution in [0.25, 0.3) is 0 Å². The number of nitrogens with one attached hydrogen (secondary N) is 1. The van der Waals surface area contributed by atoms with Gasteiger partial charge in [0.25, 0.3) is 0 Å². The second-order valence-electron chi connectivity index (χ2n) is 2.76. The van der Waals surface area contributed by atoms with Gasteiger partial charge in [-0.3, -0.25) is 0 Å². The molecular formula is C8H11NO2S2. The van der Waals surface area contributed by atoms with E-state index in [-0.39, 0.29) is 0 Å². The molecule has 13 heavy (non-hydrogen) atoms. The Morgan fingerprint density at radius 2 is 1.85 bits per heavy atom. The van der Waals surface area contributed by atoms with Gasteiger partial charge in [-0.15, -0.1) is 12.6 Å². The van der Waals surface area contributed by atoms with Gasteiger partial charge in [0.05, 0.1) is 6.26 Å². The van der Waals surface area contributed by atoms with Crippen LogP contribution in [-0.4, -0.2) is 14.7 Å². The Balaban J connectivity index is 2.61. The summed E-state index contributed by atoms with van der Waals surface area (Å²) >= 11 is 4.12. The maximum atomic E-state index is 10.7. The molecule has 0 aliphatic heterocycles. The van der Waals surface area contributed by atoms with Crippen molar-refractivity contribution in [3.05, 3.63) is 29.8 Å². The van der Waals surface area contributed by atoms with Crippen LogP contribution in [0.5, 0.6) is 0 Å². The fourth-order valence-corrected chi connectivity index (χ4v) is 1.41. The first-order valence-corrected chi connectivity index (χ1v) is 6.04. The maximum absolute atomic E-state index is 10.7. The molecule has 72 valence electrons. The van der Waals surface area contributed by atoms with Crippen LogP contribution in [0.4, 0.5) is 0 Å². The number of rotatable bonds is 3. The number of hydrogen-bond acceptors (Lipinski definition) is 3. The molecule has 0 aromatic heterocycles. The van der Waals surface area contributed by atoms with Crippen molar-refractivity contribution < 1.29 is 8.42 Å². The molecule has 0 spiro atoms. The van der Waals surface area contributed by atoms with Crippen molar-refractivity contribution in [2.24, 2.45) is 0 Å². The third-order valence-electron chi connectivity index (χ3n) is 1.47. The summed E-state index contributed by atoms with van der Waals surface area (Å²) in [6.07, 6.45) is 1.14. The number of sulfonamides is 1. The van der Waals surface area contributed by atoms with Gasteiger partial charge in [-0.2, -0.15) is 0 Å². The Kier molecular flexibility index (Phi) is 3.35. The molecule has 0 amide bonds. The Bertz CT molecular complexity index is 370. The van der Waals surface area contributed by atoms with Crippen molar-refractivity contribution in [1.29, 1.82) is 0 Å². The van der Waals surface area contributed by atoms with Crippen molar-refractivity contribution in [1.82, 2.24) is 4.72 Å². The molecule has 0 heterocycles. The SMILES string of the molecule is CS(=O)(=O)NCc1ccc(S)cc1. The summed E-state index contributed by atoms with van der Waals surface area (Å²) < 4.78 is 23.9. The van der Waals surface area contributed by atoms with Crippen LogP contribution in [-0.2, 0) is 16.6 Å². The van der Waals surface area contributed by atoms with Gasteiger partial charge < -0.3 is 0 Å². The Morgan fingerprint density at radius 1 is 1.31 bits per heavy atom. The predicted molar refractivity (Wildman–Crippen MR) is 55.4 cm³/mol. The fraction of sp³-hybridized carbons (Fsp3) is 0.250. The topological polar surface area (TPSA) is 46.2 Å². The molecule has 0 fully saturated rings. The molecule has 0 saturated heterocycles. The standard InChI is InChI=1S/C8H11NO2S2/c1-13(10,11)9-6-7-2-4-8(12)5-3-7/h2-5,9,12H,6H2,1H3. The van der Waals surface area contributed by atoms with E-state index in [1.807, 2.05) is 24.3 Å². The van der Waals surface area contributed by atoms with Crippen LogP contribution in [0.15, 0.2) is 29.2 Å². The monoisotopic (exact) mass is 217 g/mol. The van der Waals surface area contributed by atoms with Crippen LogP contribution >= 0.6 is 12.6 Å². The highest BCUT2D eigenvalue weighted by Crippen LogP contribution is 2.07. The lowest BCUT2D eigenvalue weighted by Gasteiger charge is -2.02. The van der Waals surface area contributed by atoms with Gasteiger partial charge >= 0.3 is 0 Å². The molecule has 1 aromatic carbocycles. The van der Waals surface area contributed by atoms with Crippen molar-refractivity contribution in [2.45, 2.75) is 11.4 Å². The van der Waals surface area contributed by atoms with E-state index >= 15 is 0 Å². The largest absolute Gasteiger partial charge is 0.213 e. The lowest BCUT2D eigenvalue weighted by Crippen LogP contribution is -2.21. The zero-order chi connectivity index (χ0) is 9.90. The number of thiol groups is 1. The molecule has 0 aliphatic carbocycles. The van der Waals surface area contributed by atoms with E-state index in [9.17, 15) is 8.42 Å². The number of benzene rings is 1. The molecule has 0 saturated carbocycles. The Hall–Kier alpha value is -0.520. The Labute approximate surface area is 83.6 Å². The van der Waals surface area contributed by atoms with E-state index in [0.29, 0.717) is 6.54 Å². The second-order valence-corrected chi connectivity index (χ2v) is 5.11. The van der Waals surface area contributed by atoms with Crippen molar-refractivity contribution in [3.63, 3.8) is 0 Å². The first kappa shape index (κ1) is 10.6. The quantitative estimate of drug-likeness (QED) is 0.743. The van der Waals surface area contributed by atoms with E-state index in [2.05, 4.69) is 17.4 Å². The zero-order valence-corrected chi connectivity index (χ0v) is 8.90. The summed E-state index contributed by atoms with van der Waals surface area (Å²) in [6, 6.07) is 7.31. The summed E-state index contributed by atoms with van der Waals surface area (Å²) in [5.74, 6) is 0. The highest BCUT2D eigenvalue weighted by atomic mass is 32.2. The maximum Gasteiger partial charge on any atom is 0.209 e. The predicted octanol–water partition coefficient (Wildman–Crippen LogP) is 1.02. The van der Waals surface area contributed by atoms with Crippen LogP contribution in [0.1, 0.15) is 5.56 Å². The van der Waals surface area contributed by atoms with E-state index in [0.717, 1.165) is 16.7 Å². The smallest absolute Gasteiger partial charge is 0.209 e. The van der Waals surface area contributed by atoms with E-state index in [4.69, 9.17) is 0 Å². The molecule has 1 N–H and O–H groups in total. The fourth-order valence-electron chi connectivity index (χ4n) is 0.828. The first-order chi connectivity index (χ1) is 5.97. The van der Waals surface area contributed by atoms with Crippen LogP contribution < -0.4 is 4.72 Å². The van der Waals surface area contributed by atoms with Gasteiger partial charge in [-0.25, -0.2) is 13.1 Å². The van der Waals surface area contributed by atoms with Gasteiger partial charge in [0, 0.05) is 11.4 Å². The second kappa shape index (κ2) is 4.13. The highest BCUT2D eigenvalue weighted by Gasteiger charge is 1.99. The normalized spacial score (nSPS) is 11.5. The molecule has 0 bridgehead atoms. The first-order valence-electron chi connectivity index (χ1n) is 3.70. The molecule has 5 heteroatoms. The lowest BCUT2D eigenvalue weighted by molar-refractivity contribution is 0.587. The molecule has 0 atom stereocenters. The summed E-state index contributed by atoms with van der Waals surface area (Å²) in [5, 5.41) is 0. The number of hydrogen-bond donors (Lipinski definition) is 2. The molecule has 0 aliphatic rings. The Morgan fingerprint density at radius 3 is 2.31 bits per heavy atom. The van der Waals surface area contributed by atoms with Crippen LogP contribution in [0, 0.1) is 0 Å². The van der Waals surface area contributed by atoms with Gasteiger partial charge in [0.15, 0.2) is 0 Å². The lowest BCUT2D eigenvalue weighted by atomic mass is 10.2. The molecule has 0 radical (unpaired) electrons. The van der Waals surface area contributed by atoms with E-state index < -0.39 is 10.0 Å². The van der Waals surface area contributed by atoms with Gasteiger partial charge in [-0.05, 0) is 17.7 Å². The third-order valence-corrected chi connectivity index (χ3v) is 2.44. The van der Waals surface area contributed by atoms with Crippen LogP contribution in [0.3, 0.4) is 0 Å². The third kappa shape index (κ3) is 4.31. The average Bonchev–Trinajstić information content (AvgIpc) is 2.02. The molecule has 3 nitrogen and oxygen atoms in total. The van der Waals surface area contributed by atoms with Gasteiger partial charge in [0.1, 0.15) is 0 Å². The molecular weight excluding hydrogens is 206 g/mol. The molecule has 0 unspecified atom stereocenters. The molecule has 1 aromatic rings. The summed E-state index contributed by atoms with van der Waals surface area (Å²) in [7, 11) is -3.10. The summed E-state index contributed by atoms with van der Waals surface area (Å²) in [5.41, 5.74) is 0.920. The van der Waals surface area contributed by atoms with Crippen LogP contribution in [0.2, 0.25) is 0 Å². The van der Waals surface area contributed by atoms with Gasteiger partial charge in [0.2, 0.25) is 10.0 Å². The minimum atomic E-state index is -3.10. The van der Waals surface area contributed by atoms with E-state index in [1.54, 1.807) is 0 Å². The van der Waals surface area contributed by atoms with E-state index in [1.165, 1.54) is 0 Å². The van der Waals surface area contributed by atoms with Crippen molar-refractivity contribution in [2.75, 3.05) is 6.26 Å². The van der Waals surface area contributed by atoms with Crippen molar-refractivity contribution in [3.8, 4) is 0 Å².